The SMILES string of the molecule is CCc1ccc(C2CNCCN2C(=O)CN2CCNCC2=O)cc1. The first-order valence-corrected chi connectivity index (χ1v) is 8.76. The van der Waals surface area contributed by atoms with Crippen molar-refractivity contribution in [1.82, 2.24) is 20.4 Å². The van der Waals surface area contributed by atoms with Crippen molar-refractivity contribution in [2.75, 3.05) is 45.8 Å². The summed E-state index contributed by atoms with van der Waals surface area (Å²) in [6.45, 7) is 6.24. The van der Waals surface area contributed by atoms with Gasteiger partial charge in [-0.2, -0.15) is 0 Å². The lowest BCUT2D eigenvalue weighted by Crippen LogP contribution is -2.55. The molecule has 1 atom stereocenters. The van der Waals surface area contributed by atoms with E-state index in [9.17, 15) is 9.59 Å². The van der Waals surface area contributed by atoms with Crippen molar-refractivity contribution >= 4 is 11.8 Å². The lowest BCUT2D eigenvalue weighted by molar-refractivity contribution is -0.143. The van der Waals surface area contributed by atoms with Gasteiger partial charge in [-0.1, -0.05) is 31.2 Å². The number of carbonyl (C=O) groups excluding carboxylic acids is 2. The van der Waals surface area contributed by atoms with E-state index in [1.807, 2.05) is 4.90 Å². The van der Waals surface area contributed by atoms with Crippen LogP contribution in [0, 0.1) is 0 Å². The van der Waals surface area contributed by atoms with Crippen molar-refractivity contribution in [3.05, 3.63) is 35.4 Å². The van der Waals surface area contributed by atoms with Crippen LogP contribution in [0.3, 0.4) is 0 Å². The second kappa shape index (κ2) is 7.77. The Balaban J connectivity index is 1.71. The van der Waals surface area contributed by atoms with Gasteiger partial charge in [0.15, 0.2) is 0 Å². The summed E-state index contributed by atoms with van der Waals surface area (Å²) in [6, 6.07) is 8.54. The molecule has 0 radical (unpaired) electrons. The van der Waals surface area contributed by atoms with E-state index < -0.39 is 0 Å². The molecular weight excluding hydrogens is 304 g/mol. The Bertz CT molecular complexity index is 587. The Hall–Kier alpha value is -1.92. The van der Waals surface area contributed by atoms with Crippen LogP contribution in [0.1, 0.15) is 24.1 Å². The quantitative estimate of drug-likeness (QED) is 0.825. The average Bonchev–Trinajstić information content (AvgIpc) is 2.63. The predicted molar refractivity (Wildman–Crippen MR) is 92.6 cm³/mol. The second-order valence-corrected chi connectivity index (χ2v) is 6.39. The van der Waals surface area contributed by atoms with E-state index in [0.29, 0.717) is 19.6 Å². The van der Waals surface area contributed by atoms with Crippen LogP contribution in [0.5, 0.6) is 0 Å². The third-order valence-corrected chi connectivity index (χ3v) is 4.85. The van der Waals surface area contributed by atoms with Gasteiger partial charge < -0.3 is 20.4 Å². The Morgan fingerprint density at radius 1 is 1.17 bits per heavy atom. The van der Waals surface area contributed by atoms with Gasteiger partial charge in [0.2, 0.25) is 11.8 Å². The first-order valence-electron chi connectivity index (χ1n) is 8.76. The third kappa shape index (κ3) is 3.76. The molecule has 2 heterocycles. The first kappa shape index (κ1) is 16.9. The van der Waals surface area contributed by atoms with Gasteiger partial charge in [-0.05, 0) is 17.5 Å². The Morgan fingerprint density at radius 2 is 1.92 bits per heavy atom. The number of nitrogens with zero attached hydrogens (tertiary/aromatic N) is 2. The fraction of sp³-hybridized carbons (Fsp3) is 0.556. The van der Waals surface area contributed by atoms with Gasteiger partial charge in [-0.3, -0.25) is 9.59 Å². The summed E-state index contributed by atoms with van der Waals surface area (Å²) in [4.78, 5) is 28.3. The molecule has 2 fully saturated rings. The smallest absolute Gasteiger partial charge is 0.242 e. The molecule has 0 bridgehead atoms. The van der Waals surface area contributed by atoms with Gasteiger partial charge in [0, 0.05) is 32.7 Å². The van der Waals surface area contributed by atoms with Crippen molar-refractivity contribution in [3.8, 4) is 0 Å². The number of hydrogen-bond donors (Lipinski definition) is 2. The summed E-state index contributed by atoms with van der Waals surface area (Å²) >= 11 is 0. The number of benzene rings is 1. The molecule has 0 spiro atoms. The first-order chi connectivity index (χ1) is 11.7. The number of hydrogen-bond acceptors (Lipinski definition) is 4. The average molecular weight is 330 g/mol. The number of amides is 2. The fourth-order valence-electron chi connectivity index (χ4n) is 3.34. The molecule has 2 N–H and O–H groups in total. The maximum Gasteiger partial charge on any atom is 0.242 e. The summed E-state index contributed by atoms with van der Waals surface area (Å²) in [5, 5.41) is 6.41. The number of carbonyl (C=O) groups is 2. The normalized spacial score (nSPS) is 21.9. The molecule has 6 nitrogen and oxygen atoms in total. The molecule has 2 aliphatic rings. The minimum absolute atomic E-state index is 0.00795. The second-order valence-electron chi connectivity index (χ2n) is 6.39. The van der Waals surface area contributed by atoms with Crippen LogP contribution >= 0.6 is 0 Å². The van der Waals surface area contributed by atoms with Gasteiger partial charge in [0.05, 0.1) is 19.1 Å². The van der Waals surface area contributed by atoms with Crippen molar-refractivity contribution in [3.63, 3.8) is 0 Å². The highest BCUT2D eigenvalue weighted by Crippen LogP contribution is 2.23. The van der Waals surface area contributed by atoms with E-state index in [1.165, 1.54) is 5.56 Å². The topological polar surface area (TPSA) is 64.7 Å². The molecule has 2 saturated heterocycles. The van der Waals surface area contributed by atoms with Crippen LogP contribution in [-0.2, 0) is 16.0 Å². The molecule has 6 heteroatoms. The van der Waals surface area contributed by atoms with Crippen molar-refractivity contribution in [2.24, 2.45) is 0 Å². The monoisotopic (exact) mass is 330 g/mol. The minimum Gasteiger partial charge on any atom is -0.332 e. The molecule has 130 valence electrons. The predicted octanol–water partition coefficient (Wildman–Crippen LogP) is 0.154. The van der Waals surface area contributed by atoms with Gasteiger partial charge in [0.1, 0.15) is 0 Å². The van der Waals surface area contributed by atoms with E-state index >= 15 is 0 Å². The Kier molecular flexibility index (Phi) is 5.48. The molecule has 0 aliphatic carbocycles. The number of nitrogens with one attached hydrogen (secondary N) is 2. The largest absolute Gasteiger partial charge is 0.332 e. The van der Waals surface area contributed by atoms with Crippen LogP contribution in [0.2, 0.25) is 0 Å². The maximum absolute atomic E-state index is 12.8. The molecule has 24 heavy (non-hydrogen) atoms. The van der Waals surface area contributed by atoms with Crippen LogP contribution in [0.15, 0.2) is 24.3 Å². The fourth-order valence-corrected chi connectivity index (χ4v) is 3.34. The van der Waals surface area contributed by atoms with Crippen LogP contribution in [0.4, 0.5) is 0 Å². The van der Waals surface area contributed by atoms with Gasteiger partial charge >= 0.3 is 0 Å². The van der Waals surface area contributed by atoms with Crippen LogP contribution in [-0.4, -0.2) is 67.4 Å². The summed E-state index contributed by atoms with van der Waals surface area (Å²) in [6.07, 6.45) is 1.01. The zero-order valence-corrected chi connectivity index (χ0v) is 14.3. The molecule has 1 unspecified atom stereocenters. The highest BCUT2D eigenvalue weighted by molar-refractivity contribution is 5.86. The summed E-state index contributed by atoms with van der Waals surface area (Å²) in [7, 11) is 0. The number of rotatable bonds is 4. The molecule has 2 amide bonds. The lowest BCUT2D eigenvalue weighted by Gasteiger charge is -2.38. The van der Waals surface area contributed by atoms with E-state index in [1.54, 1.807) is 4.90 Å². The number of piperazine rings is 2. The van der Waals surface area contributed by atoms with E-state index in [-0.39, 0.29) is 24.4 Å². The van der Waals surface area contributed by atoms with Gasteiger partial charge in [-0.25, -0.2) is 0 Å². The third-order valence-electron chi connectivity index (χ3n) is 4.85. The zero-order valence-electron chi connectivity index (χ0n) is 14.3. The van der Waals surface area contributed by atoms with Crippen LogP contribution in [0.25, 0.3) is 0 Å². The van der Waals surface area contributed by atoms with Gasteiger partial charge in [0.25, 0.3) is 0 Å². The summed E-state index contributed by atoms with van der Waals surface area (Å²) in [5.74, 6) is 0.0462. The Morgan fingerprint density at radius 3 is 2.62 bits per heavy atom. The molecule has 1 aromatic rings. The molecular formula is C18H26N4O2. The molecule has 3 rings (SSSR count). The standard InChI is InChI=1S/C18H26N4O2/c1-2-14-3-5-15(6-4-14)16-11-19-8-10-22(16)18(24)13-21-9-7-20-12-17(21)23/h3-6,16,19-20H,2,7-13H2,1H3. The molecule has 2 aliphatic heterocycles. The van der Waals surface area contributed by atoms with E-state index in [0.717, 1.165) is 31.6 Å². The molecule has 1 aromatic carbocycles. The van der Waals surface area contributed by atoms with Gasteiger partial charge in [-0.15, -0.1) is 0 Å². The van der Waals surface area contributed by atoms with Crippen molar-refractivity contribution in [1.29, 1.82) is 0 Å². The Labute approximate surface area is 143 Å². The van der Waals surface area contributed by atoms with Crippen molar-refractivity contribution in [2.45, 2.75) is 19.4 Å². The summed E-state index contributed by atoms with van der Waals surface area (Å²) < 4.78 is 0. The molecule has 0 aromatic heterocycles. The maximum atomic E-state index is 12.8. The van der Waals surface area contributed by atoms with Crippen molar-refractivity contribution < 1.29 is 9.59 Å². The lowest BCUT2D eigenvalue weighted by atomic mass is 10.0. The zero-order chi connectivity index (χ0) is 16.9. The molecule has 0 saturated carbocycles. The summed E-state index contributed by atoms with van der Waals surface area (Å²) in [5.41, 5.74) is 2.45. The van der Waals surface area contributed by atoms with E-state index in [2.05, 4.69) is 41.8 Å². The van der Waals surface area contributed by atoms with Crippen LogP contribution < -0.4 is 10.6 Å². The minimum atomic E-state index is 0.00795. The highest BCUT2D eigenvalue weighted by Gasteiger charge is 2.30. The van der Waals surface area contributed by atoms with E-state index in [4.69, 9.17) is 0 Å². The number of aryl methyl sites for hydroxylation is 1. The highest BCUT2D eigenvalue weighted by atomic mass is 16.2.